The second-order valence-corrected chi connectivity index (χ2v) is 4.10. The number of hydrogen-bond acceptors (Lipinski definition) is 2. The van der Waals surface area contributed by atoms with Crippen LogP contribution in [0.15, 0.2) is 24.3 Å². The van der Waals surface area contributed by atoms with Gasteiger partial charge in [-0.1, -0.05) is 6.08 Å². The molecule has 0 saturated carbocycles. The van der Waals surface area contributed by atoms with Crippen LogP contribution in [0, 0.1) is 6.92 Å². The van der Waals surface area contributed by atoms with Crippen molar-refractivity contribution in [3.63, 3.8) is 0 Å². The first kappa shape index (κ1) is 9.99. The number of nitrogens with one attached hydrogen (secondary N) is 1. The van der Waals surface area contributed by atoms with Crippen LogP contribution in [0.5, 0.6) is 0 Å². The number of thiophene rings is 1. The first-order valence-electron chi connectivity index (χ1n) is 4.18. The molecule has 0 atom stereocenters. The molecule has 1 aromatic heterocycles. The molecule has 70 valence electrons. The molecule has 0 aliphatic rings. The van der Waals surface area contributed by atoms with Gasteiger partial charge in [0.2, 0.25) is 5.91 Å². The maximum absolute atomic E-state index is 11.0. The molecule has 1 amide bonds. The smallest absolute Gasteiger partial charge is 0.243 e. The zero-order valence-electron chi connectivity index (χ0n) is 7.83. The van der Waals surface area contributed by atoms with Crippen molar-refractivity contribution < 1.29 is 4.79 Å². The lowest BCUT2D eigenvalue weighted by molar-refractivity contribution is -0.116. The maximum atomic E-state index is 11.0. The van der Waals surface area contributed by atoms with E-state index in [1.165, 1.54) is 15.8 Å². The molecule has 0 aliphatic carbocycles. The maximum Gasteiger partial charge on any atom is 0.243 e. The minimum absolute atomic E-state index is 0.0337. The highest BCUT2D eigenvalue weighted by atomic mass is 32.1. The zero-order valence-corrected chi connectivity index (χ0v) is 8.65. The molecule has 0 spiro atoms. The number of hydrogen-bond donors (Lipinski definition) is 1. The average molecular weight is 195 g/mol. The Hall–Kier alpha value is -1.09. The van der Waals surface area contributed by atoms with E-state index in [2.05, 4.69) is 18.3 Å². The molecule has 1 N–H and O–H groups in total. The summed E-state index contributed by atoms with van der Waals surface area (Å²) in [6, 6.07) is 4.09. The lowest BCUT2D eigenvalue weighted by atomic mass is 10.4. The summed E-state index contributed by atoms with van der Waals surface area (Å²) in [7, 11) is 0. The van der Waals surface area contributed by atoms with E-state index < -0.39 is 0 Å². The third-order valence-corrected chi connectivity index (χ3v) is 2.55. The van der Waals surface area contributed by atoms with Gasteiger partial charge in [-0.25, -0.2) is 0 Å². The number of aryl methyl sites for hydroxylation is 1. The fraction of sp³-hybridized carbons (Fsp3) is 0.300. The lowest BCUT2D eigenvalue weighted by Crippen LogP contribution is -2.19. The van der Waals surface area contributed by atoms with Gasteiger partial charge in [0.1, 0.15) is 0 Å². The first-order valence-corrected chi connectivity index (χ1v) is 5.00. The molecule has 1 aromatic rings. The van der Waals surface area contributed by atoms with Gasteiger partial charge in [0.25, 0.3) is 0 Å². The van der Waals surface area contributed by atoms with Crippen molar-refractivity contribution in [3.05, 3.63) is 34.0 Å². The van der Waals surface area contributed by atoms with Crippen molar-refractivity contribution in [1.82, 2.24) is 5.32 Å². The van der Waals surface area contributed by atoms with Gasteiger partial charge in [-0.15, -0.1) is 11.3 Å². The summed E-state index contributed by atoms with van der Waals surface area (Å²) in [5, 5.41) is 2.80. The highest BCUT2D eigenvalue weighted by molar-refractivity contribution is 7.11. The van der Waals surface area contributed by atoms with Crippen LogP contribution in [-0.2, 0) is 11.3 Å². The Morgan fingerprint density at radius 1 is 1.62 bits per heavy atom. The quantitative estimate of drug-likeness (QED) is 0.736. The van der Waals surface area contributed by atoms with Gasteiger partial charge >= 0.3 is 0 Å². The number of amides is 1. The van der Waals surface area contributed by atoms with Crippen LogP contribution >= 0.6 is 11.3 Å². The minimum Gasteiger partial charge on any atom is -0.348 e. The molecule has 1 rings (SSSR count). The highest BCUT2D eigenvalue weighted by Gasteiger charge is 1.97. The van der Waals surface area contributed by atoms with E-state index in [0.29, 0.717) is 6.54 Å². The van der Waals surface area contributed by atoms with Crippen LogP contribution in [0.1, 0.15) is 16.7 Å². The van der Waals surface area contributed by atoms with Crippen LogP contribution in [0.4, 0.5) is 0 Å². The van der Waals surface area contributed by atoms with E-state index in [1.807, 2.05) is 13.0 Å². The Morgan fingerprint density at radius 2 is 2.38 bits per heavy atom. The summed E-state index contributed by atoms with van der Waals surface area (Å²) in [5.41, 5.74) is 0. The third kappa shape index (κ3) is 3.42. The predicted octanol–water partition coefficient (Wildman–Crippen LogP) is 2.25. The molecule has 1 heterocycles. The number of carbonyl (C=O) groups is 1. The predicted molar refractivity (Wildman–Crippen MR) is 55.7 cm³/mol. The van der Waals surface area contributed by atoms with Gasteiger partial charge in [-0.3, -0.25) is 4.79 Å². The van der Waals surface area contributed by atoms with Crippen LogP contribution in [-0.4, -0.2) is 5.91 Å². The summed E-state index contributed by atoms with van der Waals surface area (Å²) in [4.78, 5) is 13.5. The van der Waals surface area contributed by atoms with E-state index in [1.54, 1.807) is 17.4 Å². The molecule has 3 heteroatoms. The van der Waals surface area contributed by atoms with Crippen LogP contribution in [0.25, 0.3) is 0 Å². The Balaban J connectivity index is 2.39. The molecule has 2 nitrogen and oxygen atoms in total. The van der Waals surface area contributed by atoms with E-state index in [-0.39, 0.29) is 5.91 Å². The third-order valence-electron chi connectivity index (χ3n) is 1.55. The topological polar surface area (TPSA) is 29.1 Å². The number of carbonyl (C=O) groups excluding carboxylic acids is 1. The largest absolute Gasteiger partial charge is 0.348 e. The minimum atomic E-state index is -0.0337. The van der Waals surface area contributed by atoms with Crippen molar-refractivity contribution in [1.29, 1.82) is 0 Å². The van der Waals surface area contributed by atoms with Crippen molar-refractivity contribution in [2.75, 3.05) is 0 Å². The van der Waals surface area contributed by atoms with E-state index in [0.717, 1.165) is 0 Å². The molecular formula is C10H13NOS. The fourth-order valence-corrected chi connectivity index (χ4v) is 1.79. The Bertz CT molecular complexity index is 314. The van der Waals surface area contributed by atoms with Crippen LogP contribution < -0.4 is 5.32 Å². The van der Waals surface area contributed by atoms with Gasteiger partial charge < -0.3 is 5.32 Å². The van der Waals surface area contributed by atoms with Gasteiger partial charge in [-0.2, -0.15) is 0 Å². The SMILES string of the molecule is CC=CC(=O)NCc1ccc(C)s1. The summed E-state index contributed by atoms with van der Waals surface area (Å²) < 4.78 is 0. The molecule has 13 heavy (non-hydrogen) atoms. The molecule has 0 unspecified atom stereocenters. The monoisotopic (exact) mass is 195 g/mol. The molecule has 0 aromatic carbocycles. The Kier molecular flexibility index (Phi) is 3.71. The molecule has 0 radical (unpaired) electrons. The van der Waals surface area contributed by atoms with E-state index in [4.69, 9.17) is 0 Å². The van der Waals surface area contributed by atoms with Gasteiger partial charge in [-0.05, 0) is 32.1 Å². The van der Waals surface area contributed by atoms with Crippen molar-refractivity contribution in [2.45, 2.75) is 20.4 Å². The lowest BCUT2D eigenvalue weighted by Gasteiger charge is -1.97. The summed E-state index contributed by atoms with van der Waals surface area (Å²) >= 11 is 1.71. The van der Waals surface area contributed by atoms with Gasteiger partial charge in [0.15, 0.2) is 0 Å². The van der Waals surface area contributed by atoms with E-state index in [9.17, 15) is 4.79 Å². The van der Waals surface area contributed by atoms with Crippen molar-refractivity contribution >= 4 is 17.2 Å². The van der Waals surface area contributed by atoms with Crippen LogP contribution in [0.2, 0.25) is 0 Å². The molecule has 0 fully saturated rings. The highest BCUT2D eigenvalue weighted by Crippen LogP contribution is 2.14. The summed E-state index contributed by atoms with van der Waals surface area (Å²) in [6.45, 7) is 4.51. The summed E-state index contributed by atoms with van der Waals surface area (Å²) in [5.74, 6) is -0.0337. The average Bonchev–Trinajstić information content (AvgIpc) is 2.49. The molecular weight excluding hydrogens is 182 g/mol. The van der Waals surface area contributed by atoms with Crippen molar-refractivity contribution in [2.24, 2.45) is 0 Å². The van der Waals surface area contributed by atoms with Crippen LogP contribution in [0.3, 0.4) is 0 Å². The normalized spacial score (nSPS) is 10.6. The molecule has 0 aliphatic heterocycles. The standard InChI is InChI=1S/C10H13NOS/c1-3-4-10(12)11-7-9-6-5-8(2)13-9/h3-6H,7H2,1-2H3,(H,11,12). The summed E-state index contributed by atoms with van der Waals surface area (Å²) in [6.07, 6.45) is 3.26. The Labute approximate surface area is 82.3 Å². The van der Waals surface area contributed by atoms with Gasteiger partial charge in [0.05, 0.1) is 6.54 Å². The molecule has 0 saturated heterocycles. The zero-order chi connectivity index (χ0) is 9.68. The molecule has 0 bridgehead atoms. The number of allylic oxidation sites excluding steroid dienone is 1. The fourth-order valence-electron chi connectivity index (χ4n) is 0.965. The number of rotatable bonds is 3. The van der Waals surface area contributed by atoms with Gasteiger partial charge in [0, 0.05) is 9.75 Å². The second kappa shape index (κ2) is 4.82. The van der Waals surface area contributed by atoms with E-state index >= 15 is 0 Å². The second-order valence-electron chi connectivity index (χ2n) is 2.73. The Morgan fingerprint density at radius 3 is 2.92 bits per heavy atom. The van der Waals surface area contributed by atoms with Crippen molar-refractivity contribution in [3.8, 4) is 0 Å². The first-order chi connectivity index (χ1) is 6.22.